The topological polar surface area (TPSA) is 39.2 Å². The van der Waals surface area contributed by atoms with Crippen LogP contribution in [0.3, 0.4) is 0 Å². The standard InChI is InChI=1S/C12H13F2NO2/c1-12(2,3)17-10(16)7-5-8-4-6-9(13)15-11(8)14/h4-7H,1-3H3/b7-5+. The van der Waals surface area contributed by atoms with Gasteiger partial charge < -0.3 is 4.74 Å². The van der Waals surface area contributed by atoms with E-state index in [1.54, 1.807) is 20.8 Å². The summed E-state index contributed by atoms with van der Waals surface area (Å²) in [5.41, 5.74) is -0.585. The first kappa shape index (κ1) is 13.3. The molecular weight excluding hydrogens is 228 g/mol. The molecule has 3 nitrogen and oxygen atoms in total. The van der Waals surface area contributed by atoms with Crippen LogP contribution < -0.4 is 0 Å². The van der Waals surface area contributed by atoms with Gasteiger partial charge in [-0.05, 0) is 39.0 Å². The smallest absolute Gasteiger partial charge is 0.331 e. The molecule has 5 heteroatoms. The monoisotopic (exact) mass is 241 g/mol. The van der Waals surface area contributed by atoms with E-state index in [9.17, 15) is 13.6 Å². The second-order valence-electron chi connectivity index (χ2n) is 4.38. The molecule has 1 heterocycles. The van der Waals surface area contributed by atoms with Crippen molar-refractivity contribution in [2.24, 2.45) is 0 Å². The lowest BCUT2D eigenvalue weighted by molar-refractivity contribution is -0.148. The third-order valence-corrected chi connectivity index (χ3v) is 1.65. The highest BCUT2D eigenvalue weighted by Gasteiger charge is 2.14. The third kappa shape index (κ3) is 4.72. The molecule has 0 unspecified atom stereocenters. The normalized spacial score (nSPS) is 11.8. The van der Waals surface area contributed by atoms with Crippen molar-refractivity contribution >= 4 is 12.0 Å². The third-order valence-electron chi connectivity index (χ3n) is 1.65. The Kier molecular flexibility index (Phi) is 3.93. The lowest BCUT2D eigenvalue weighted by Gasteiger charge is -2.17. The van der Waals surface area contributed by atoms with Gasteiger partial charge in [0.2, 0.25) is 11.9 Å². The van der Waals surface area contributed by atoms with Gasteiger partial charge in [0.05, 0.1) is 0 Å². The quantitative estimate of drug-likeness (QED) is 0.454. The number of hydrogen-bond acceptors (Lipinski definition) is 3. The van der Waals surface area contributed by atoms with Crippen LogP contribution in [0.4, 0.5) is 8.78 Å². The van der Waals surface area contributed by atoms with Crippen LogP contribution in [0, 0.1) is 11.9 Å². The summed E-state index contributed by atoms with van der Waals surface area (Å²) in [7, 11) is 0. The van der Waals surface area contributed by atoms with Crippen molar-refractivity contribution in [1.29, 1.82) is 0 Å². The van der Waals surface area contributed by atoms with Crippen LogP contribution in [0.2, 0.25) is 0 Å². The van der Waals surface area contributed by atoms with Crippen molar-refractivity contribution in [3.63, 3.8) is 0 Å². The van der Waals surface area contributed by atoms with Gasteiger partial charge >= 0.3 is 5.97 Å². The number of pyridine rings is 1. The number of halogens is 2. The van der Waals surface area contributed by atoms with E-state index in [-0.39, 0.29) is 5.56 Å². The first-order chi connectivity index (χ1) is 7.78. The first-order valence-corrected chi connectivity index (χ1v) is 5.01. The van der Waals surface area contributed by atoms with E-state index >= 15 is 0 Å². The summed E-state index contributed by atoms with van der Waals surface area (Å²) in [4.78, 5) is 14.3. The zero-order chi connectivity index (χ0) is 13.1. The molecule has 0 bridgehead atoms. The van der Waals surface area contributed by atoms with Crippen LogP contribution in [0.5, 0.6) is 0 Å². The summed E-state index contributed by atoms with van der Waals surface area (Å²) in [5, 5.41) is 0. The van der Waals surface area contributed by atoms with Crippen molar-refractivity contribution in [3.05, 3.63) is 35.7 Å². The number of carbonyl (C=O) groups is 1. The Hall–Kier alpha value is -1.78. The number of ether oxygens (including phenoxy) is 1. The Morgan fingerprint density at radius 1 is 1.35 bits per heavy atom. The minimum Gasteiger partial charge on any atom is -0.457 e. The second-order valence-corrected chi connectivity index (χ2v) is 4.38. The van der Waals surface area contributed by atoms with Crippen LogP contribution >= 0.6 is 0 Å². The van der Waals surface area contributed by atoms with Crippen LogP contribution in [-0.2, 0) is 9.53 Å². The molecule has 0 aliphatic rings. The molecule has 0 saturated heterocycles. The molecule has 0 fully saturated rings. The molecule has 1 aromatic rings. The van der Waals surface area contributed by atoms with Gasteiger partial charge in [-0.3, -0.25) is 0 Å². The average Bonchev–Trinajstić information content (AvgIpc) is 2.13. The Labute approximate surface area is 98.1 Å². The van der Waals surface area contributed by atoms with Crippen molar-refractivity contribution < 1.29 is 18.3 Å². The van der Waals surface area contributed by atoms with Gasteiger partial charge in [0.1, 0.15) is 5.60 Å². The Morgan fingerprint density at radius 2 is 2.00 bits per heavy atom. The predicted octanol–water partition coefficient (Wildman–Crippen LogP) is 2.71. The molecule has 17 heavy (non-hydrogen) atoms. The maximum Gasteiger partial charge on any atom is 0.331 e. The first-order valence-electron chi connectivity index (χ1n) is 5.01. The molecule has 0 radical (unpaired) electrons. The van der Waals surface area contributed by atoms with Crippen LogP contribution in [0.1, 0.15) is 26.3 Å². The number of rotatable bonds is 2. The molecule has 0 aromatic carbocycles. The van der Waals surface area contributed by atoms with E-state index in [0.717, 1.165) is 12.1 Å². The van der Waals surface area contributed by atoms with Gasteiger partial charge in [0.25, 0.3) is 0 Å². The molecule has 0 spiro atoms. The van der Waals surface area contributed by atoms with Gasteiger partial charge in [-0.2, -0.15) is 13.8 Å². The number of esters is 1. The second kappa shape index (κ2) is 5.03. The van der Waals surface area contributed by atoms with E-state index in [1.807, 2.05) is 0 Å². The Balaban J connectivity index is 2.74. The van der Waals surface area contributed by atoms with Crippen LogP contribution in [-0.4, -0.2) is 16.6 Å². The minimum absolute atomic E-state index is 0.0252. The fourth-order valence-corrected chi connectivity index (χ4v) is 1.04. The molecule has 0 aliphatic carbocycles. The van der Waals surface area contributed by atoms with Crippen molar-refractivity contribution in [2.45, 2.75) is 26.4 Å². The van der Waals surface area contributed by atoms with Crippen LogP contribution in [0.25, 0.3) is 6.08 Å². The van der Waals surface area contributed by atoms with E-state index in [2.05, 4.69) is 4.98 Å². The molecule has 92 valence electrons. The van der Waals surface area contributed by atoms with E-state index < -0.39 is 23.5 Å². The molecule has 0 amide bonds. The fourth-order valence-electron chi connectivity index (χ4n) is 1.04. The van der Waals surface area contributed by atoms with E-state index in [4.69, 9.17) is 4.74 Å². The Morgan fingerprint density at radius 3 is 2.53 bits per heavy atom. The summed E-state index contributed by atoms with van der Waals surface area (Å²) in [6, 6.07) is 2.20. The van der Waals surface area contributed by atoms with Gasteiger partial charge in [-0.25, -0.2) is 4.79 Å². The van der Waals surface area contributed by atoms with Crippen molar-refractivity contribution in [2.75, 3.05) is 0 Å². The van der Waals surface area contributed by atoms with E-state index in [0.29, 0.717) is 0 Å². The molecular formula is C12H13F2NO2. The minimum atomic E-state index is -0.968. The summed E-state index contributed by atoms with van der Waals surface area (Å²) in [6.07, 6.45) is 2.26. The average molecular weight is 241 g/mol. The maximum absolute atomic E-state index is 13.1. The number of hydrogen-bond donors (Lipinski definition) is 0. The summed E-state index contributed by atoms with van der Waals surface area (Å²) in [6.45, 7) is 5.16. The highest BCUT2D eigenvalue weighted by Crippen LogP contribution is 2.10. The molecule has 0 saturated carbocycles. The lowest BCUT2D eigenvalue weighted by atomic mass is 10.2. The Bertz CT molecular complexity index is 450. The molecule has 0 atom stereocenters. The largest absolute Gasteiger partial charge is 0.457 e. The van der Waals surface area contributed by atoms with Crippen LogP contribution in [0.15, 0.2) is 18.2 Å². The number of carbonyl (C=O) groups excluding carboxylic acids is 1. The summed E-state index contributed by atoms with van der Waals surface area (Å²) in [5.74, 6) is -2.47. The van der Waals surface area contributed by atoms with E-state index in [1.165, 1.54) is 12.1 Å². The van der Waals surface area contributed by atoms with Gasteiger partial charge in [-0.1, -0.05) is 0 Å². The van der Waals surface area contributed by atoms with Gasteiger partial charge in [0, 0.05) is 11.6 Å². The summed E-state index contributed by atoms with van der Waals surface area (Å²) >= 11 is 0. The highest BCUT2D eigenvalue weighted by molar-refractivity contribution is 5.87. The number of nitrogens with zero attached hydrogens (tertiary/aromatic N) is 1. The van der Waals surface area contributed by atoms with Gasteiger partial charge in [0.15, 0.2) is 0 Å². The lowest BCUT2D eigenvalue weighted by Crippen LogP contribution is -2.22. The summed E-state index contributed by atoms with van der Waals surface area (Å²) < 4.78 is 30.6. The van der Waals surface area contributed by atoms with Crippen molar-refractivity contribution in [1.82, 2.24) is 4.98 Å². The van der Waals surface area contributed by atoms with Crippen molar-refractivity contribution in [3.8, 4) is 0 Å². The molecule has 0 N–H and O–H groups in total. The van der Waals surface area contributed by atoms with Gasteiger partial charge in [-0.15, -0.1) is 0 Å². The molecule has 1 aromatic heterocycles. The SMILES string of the molecule is CC(C)(C)OC(=O)/C=C/c1ccc(F)nc1F. The zero-order valence-corrected chi connectivity index (χ0v) is 9.83. The fraction of sp³-hybridized carbons (Fsp3) is 0.333. The zero-order valence-electron chi connectivity index (χ0n) is 9.83. The molecule has 0 aliphatic heterocycles. The maximum atomic E-state index is 13.1. The highest BCUT2D eigenvalue weighted by atomic mass is 19.1. The predicted molar refractivity (Wildman–Crippen MR) is 59.0 cm³/mol. The number of aromatic nitrogens is 1. The molecule has 1 rings (SSSR count).